The Morgan fingerprint density at radius 1 is 1.22 bits per heavy atom. The van der Waals surface area contributed by atoms with Crippen LogP contribution in [0.4, 0.5) is 5.82 Å². The minimum absolute atomic E-state index is 0.518. The van der Waals surface area contributed by atoms with E-state index in [1.165, 1.54) is 11.1 Å². The molecule has 1 aromatic carbocycles. The Bertz CT molecular complexity index is 477. The average molecular weight is 242 g/mol. The van der Waals surface area contributed by atoms with Gasteiger partial charge in [-0.1, -0.05) is 29.8 Å². The van der Waals surface area contributed by atoms with Gasteiger partial charge in [-0.25, -0.2) is 9.97 Å². The fraction of sp³-hybridized carbons (Fsp3) is 0.286. The van der Waals surface area contributed by atoms with Crippen LogP contribution in [-0.4, -0.2) is 21.9 Å². The molecule has 4 heteroatoms. The highest BCUT2D eigenvalue weighted by molar-refractivity contribution is 5.25. The standard InChI is InChI=1S/C14H18N4/c1-11-4-3-5-12(8-11)9-18(2)10-14-16-7-6-13(15)17-14/h3-8H,9-10H2,1-2H3,(H2,15,16,17). The van der Waals surface area contributed by atoms with E-state index in [2.05, 4.69) is 53.1 Å². The van der Waals surface area contributed by atoms with E-state index in [0.717, 1.165) is 12.4 Å². The van der Waals surface area contributed by atoms with Crippen molar-refractivity contribution in [1.82, 2.24) is 14.9 Å². The molecule has 1 heterocycles. The lowest BCUT2D eigenvalue weighted by atomic mass is 10.1. The van der Waals surface area contributed by atoms with Gasteiger partial charge in [0.05, 0.1) is 6.54 Å². The largest absolute Gasteiger partial charge is 0.384 e. The smallest absolute Gasteiger partial charge is 0.144 e. The first-order valence-electron chi connectivity index (χ1n) is 5.95. The van der Waals surface area contributed by atoms with Gasteiger partial charge >= 0.3 is 0 Å². The lowest BCUT2D eigenvalue weighted by Gasteiger charge is -2.16. The average Bonchev–Trinajstić information content (AvgIpc) is 2.28. The third-order valence-electron chi connectivity index (χ3n) is 2.67. The number of aryl methyl sites for hydroxylation is 1. The SMILES string of the molecule is Cc1cccc(CN(C)Cc2nccc(N)n2)c1. The molecule has 0 radical (unpaired) electrons. The van der Waals surface area contributed by atoms with Gasteiger partial charge in [-0.2, -0.15) is 0 Å². The van der Waals surface area contributed by atoms with Gasteiger partial charge in [0.25, 0.3) is 0 Å². The Kier molecular flexibility index (Phi) is 3.89. The van der Waals surface area contributed by atoms with Gasteiger partial charge in [-0.15, -0.1) is 0 Å². The zero-order chi connectivity index (χ0) is 13.0. The number of nitrogens with two attached hydrogens (primary N) is 1. The first kappa shape index (κ1) is 12.5. The fourth-order valence-electron chi connectivity index (χ4n) is 1.91. The highest BCUT2D eigenvalue weighted by Crippen LogP contribution is 2.08. The number of aromatic nitrogens is 2. The van der Waals surface area contributed by atoms with E-state index >= 15 is 0 Å². The predicted molar refractivity (Wildman–Crippen MR) is 72.8 cm³/mol. The summed E-state index contributed by atoms with van der Waals surface area (Å²) in [5.74, 6) is 1.27. The van der Waals surface area contributed by atoms with E-state index in [0.29, 0.717) is 12.4 Å². The molecule has 1 aromatic heterocycles. The van der Waals surface area contributed by atoms with Crippen LogP contribution in [0.2, 0.25) is 0 Å². The van der Waals surface area contributed by atoms with E-state index in [-0.39, 0.29) is 0 Å². The van der Waals surface area contributed by atoms with Crippen molar-refractivity contribution < 1.29 is 0 Å². The van der Waals surface area contributed by atoms with Crippen molar-refractivity contribution >= 4 is 5.82 Å². The van der Waals surface area contributed by atoms with E-state index < -0.39 is 0 Å². The number of hydrogen-bond donors (Lipinski definition) is 1. The third kappa shape index (κ3) is 3.53. The molecule has 2 aromatic rings. The van der Waals surface area contributed by atoms with Gasteiger partial charge in [-0.05, 0) is 25.6 Å². The Morgan fingerprint density at radius 2 is 2.06 bits per heavy atom. The summed E-state index contributed by atoms with van der Waals surface area (Å²) in [6, 6.07) is 10.2. The minimum atomic E-state index is 0.518. The molecule has 0 bridgehead atoms. The summed E-state index contributed by atoms with van der Waals surface area (Å²) in [5.41, 5.74) is 8.21. The first-order chi connectivity index (χ1) is 8.63. The monoisotopic (exact) mass is 242 g/mol. The van der Waals surface area contributed by atoms with E-state index in [1.807, 2.05) is 0 Å². The molecule has 0 aliphatic rings. The van der Waals surface area contributed by atoms with Gasteiger partial charge in [0.15, 0.2) is 0 Å². The second kappa shape index (κ2) is 5.60. The maximum atomic E-state index is 5.64. The molecule has 0 spiro atoms. The summed E-state index contributed by atoms with van der Waals surface area (Å²) < 4.78 is 0. The van der Waals surface area contributed by atoms with Crippen molar-refractivity contribution in [2.75, 3.05) is 12.8 Å². The fourth-order valence-corrected chi connectivity index (χ4v) is 1.91. The molecule has 18 heavy (non-hydrogen) atoms. The molecule has 0 saturated heterocycles. The van der Waals surface area contributed by atoms with E-state index in [1.54, 1.807) is 12.3 Å². The summed E-state index contributed by atoms with van der Waals surface area (Å²) >= 11 is 0. The highest BCUT2D eigenvalue weighted by atomic mass is 15.1. The van der Waals surface area contributed by atoms with Crippen LogP contribution in [0, 0.1) is 6.92 Å². The number of rotatable bonds is 4. The van der Waals surface area contributed by atoms with Crippen molar-refractivity contribution in [2.45, 2.75) is 20.0 Å². The lowest BCUT2D eigenvalue weighted by Crippen LogP contribution is -2.19. The van der Waals surface area contributed by atoms with Crippen LogP contribution in [-0.2, 0) is 13.1 Å². The Balaban J connectivity index is 1.98. The lowest BCUT2D eigenvalue weighted by molar-refractivity contribution is 0.310. The van der Waals surface area contributed by atoms with Crippen molar-refractivity contribution in [2.24, 2.45) is 0 Å². The van der Waals surface area contributed by atoms with Crippen molar-refractivity contribution in [3.05, 3.63) is 53.5 Å². The molecule has 4 nitrogen and oxygen atoms in total. The Hall–Kier alpha value is -1.94. The molecule has 0 fully saturated rings. The first-order valence-corrected chi connectivity index (χ1v) is 5.95. The molecule has 0 unspecified atom stereocenters. The molecule has 94 valence electrons. The molecule has 0 aliphatic carbocycles. The number of hydrogen-bond acceptors (Lipinski definition) is 4. The summed E-state index contributed by atoms with van der Waals surface area (Å²) in [7, 11) is 2.05. The predicted octanol–water partition coefficient (Wildman–Crippen LogP) is 2.00. The maximum absolute atomic E-state index is 5.64. The molecular weight excluding hydrogens is 224 g/mol. The van der Waals surface area contributed by atoms with Crippen molar-refractivity contribution in [1.29, 1.82) is 0 Å². The number of nitrogen functional groups attached to an aromatic ring is 1. The van der Waals surface area contributed by atoms with Crippen LogP contribution in [0.3, 0.4) is 0 Å². The molecule has 2 N–H and O–H groups in total. The quantitative estimate of drug-likeness (QED) is 0.891. The van der Waals surface area contributed by atoms with Crippen LogP contribution in [0.5, 0.6) is 0 Å². The number of anilines is 1. The third-order valence-corrected chi connectivity index (χ3v) is 2.67. The zero-order valence-corrected chi connectivity index (χ0v) is 10.8. The minimum Gasteiger partial charge on any atom is -0.384 e. The van der Waals surface area contributed by atoms with Crippen LogP contribution >= 0.6 is 0 Å². The second-order valence-electron chi connectivity index (χ2n) is 4.56. The molecule has 0 atom stereocenters. The van der Waals surface area contributed by atoms with Gasteiger partial charge in [0, 0.05) is 12.7 Å². The normalized spacial score (nSPS) is 10.8. The van der Waals surface area contributed by atoms with Gasteiger partial charge in [0.2, 0.25) is 0 Å². The van der Waals surface area contributed by atoms with Gasteiger partial charge in [-0.3, -0.25) is 4.90 Å². The number of nitrogens with zero attached hydrogens (tertiary/aromatic N) is 3. The van der Waals surface area contributed by atoms with Crippen LogP contribution < -0.4 is 5.73 Å². The molecule has 0 amide bonds. The molecular formula is C14H18N4. The summed E-state index contributed by atoms with van der Waals surface area (Å²) in [4.78, 5) is 10.6. The topological polar surface area (TPSA) is 55.0 Å². The van der Waals surface area contributed by atoms with Crippen LogP contribution in [0.1, 0.15) is 17.0 Å². The van der Waals surface area contributed by atoms with Crippen LogP contribution in [0.25, 0.3) is 0 Å². The Morgan fingerprint density at radius 3 is 2.78 bits per heavy atom. The maximum Gasteiger partial charge on any atom is 0.144 e. The van der Waals surface area contributed by atoms with Crippen molar-refractivity contribution in [3.63, 3.8) is 0 Å². The zero-order valence-electron chi connectivity index (χ0n) is 10.8. The van der Waals surface area contributed by atoms with Crippen molar-refractivity contribution in [3.8, 4) is 0 Å². The van der Waals surface area contributed by atoms with Gasteiger partial charge in [0.1, 0.15) is 11.6 Å². The van der Waals surface area contributed by atoms with E-state index in [4.69, 9.17) is 5.73 Å². The molecule has 0 saturated carbocycles. The molecule has 0 aliphatic heterocycles. The molecule has 2 rings (SSSR count). The summed E-state index contributed by atoms with van der Waals surface area (Å²) in [6.07, 6.45) is 1.69. The number of benzene rings is 1. The summed E-state index contributed by atoms with van der Waals surface area (Å²) in [5, 5.41) is 0. The van der Waals surface area contributed by atoms with Gasteiger partial charge < -0.3 is 5.73 Å². The Labute approximate surface area is 107 Å². The van der Waals surface area contributed by atoms with Crippen LogP contribution in [0.15, 0.2) is 36.5 Å². The van der Waals surface area contributed by atoms with E-state index in [9.17, 15) is 0 Å². The second-order valence-corrected chi connectivity index (χ2v) is 4.56. The summed E-state index contributed by atoms with van der Waals surface area (Å²) in [6.45, 7) is 3.67. The highest BCUT2D eigenvalue weighted by Gasteiger charge is 2.04.